The number of halogens is 2. The van der Waals surface area contributed by atoms with Crippen molar-refractivity contribution < 1.29 is 13.5 Å². The molecule has 0 unspecified atom stereocenters. The normalized spacial score (nSPS) is 26.8. The van der Waals surface area contributed by atoms with Crippen molar-refractivity contribution in [3.63, 3.8) is 0 Å². The monoisotopic (exact) mass is 428 g/mol. The molecule has 2 saturated carbocycles. The largest absolute Gasteiger partial charge is 0.494 e. The standard InChI is InChI=1S/C28H38F2O/c1-3-4-19-7-12-22(13-8-19)23-14-9-20(10-15-23)5-6-21-11-16-24-18-26(31-2)28(30)27(29)25(24)17-21/h11,16-20,22-23H,3-10,12-15H2,1-2H3. The molecule has 0 aromatic heterocycles. The van der Waals surface area contributed by atoms with Crippen LogP contribution < -0.4 is 4.74 Å². The van der Waals surface area contributed by atoms with Crippen LogP contribution in [0.5, 0.6) is 5.75 Å². The average Bonchev–Trinajstić information content (AvgIpc) is 2.81. The van der Waals surface area contributed by atoms with Gasteiger partial charge in [0.25, 0.3) is 0 Å². The molecule has 0 heterocycles. The number of benzene rings is 2. The highest BCUT2D eigenvalue weighted by molar-refractivity contribution is 5.85. The second-order valence-electron chi connectivity index (χ2n) is 10.2. The van der Waals surface area contributed by atoms with Gasteiger partial charge in [0.05, 0.1) is 7.11 Å². The molecule has 1 nitrogen and oxygen atoms in total. The second kappa shape index (κ2) is 10.3. The smallest absolute Gasteiger partial charge is 0.201 e. The molecule has 0 radical (unpaired) electrons. The Balaban J connectivity index is 1.28. The van der Waals surface area contributed by atoms with Gasteiger partial charge in [-0.05, 0) is 85.3 Å². The third-order valence-corrected chi connectivity index (χ3v) is 8.26. The summed E-state index contributed by atoms with van der Waals surface area (Å²) in [5, 5.41) is 1.05. The van der Waals surface area contributed by atoms with Crippen molar-refractivity contribution in [1.29, 1.82) is 0 Å². The first-order valence-corrected chi connectivity index (χ1v) is 12.5. The van der Waals surface area contributed by atoms with E-state index in [9.17, 15) is 8.78 Å². The van der Waals surface area contributed by atoms with Crippen molar-refractivity contribution in [1.82, 2.24) is 0 Å². The van der Waals surface area contributed by atoms with Crippen molar-refractivity contribution in [2.75, 3.05) is 7.11 Å². The van der Waals surface area contributed by atoms with Crippen LogP contribution in [-0.2, 0) is 6.42 Å². The summed E-state index contributed by atoms with van der Waals surface area (Å²) in [6.45, 7) is 2.32. The predicted octanol–water partition coefficient (Wildman–Crippen LogP) is 8.47. The lowest BCUT2D eigenvalue weighted by atomic mass is 9.68. The third-order valence-electron chi connectivity index (χ3n) is 8.26. The minimum atomic E-state index is -0.894. The van der Waals surface area contributed by atoms with Crippen molar-refractivity contribution in [3.8, 4) is 5.75 Å². The van der Waals surface area contributed by atoms with Crippen LogP contribution in [0.4, 0.5) is 8.78 Å². The molecule has 0 aliphatic heterocycles. The van der Waals surface area contributed by atoms with E-state index in [1.54, 1.807) is 6.07 Å². The lowest BCUT2D eigenvalue weighted by Crippen LogP contribution is -2.26. The zero-order valence-electron chi connectivity index (χ0n) is 19.3. The molecule has 0 bridgehead atoms. The first kappa shape index (κ1) is 22.6. The van der Waals surface area contributed by atoms with E-state index in [-0.39, 0.29) is 5.75 Å². The molecule has 4 rings (SSSR count). The molecule has 0 spiro atoms. The third kappa shape index (κ3) is 5.23. The van der Waals surface area contributed by atoms with Crippen LogP contribution in [0, 0.1) is 35.3 Å². The average molecular weight is 429 g/mol. The van der Waals surface area contributed by atoms with Gasteiger partial charge < -0.3 is 4.74 Å². The van der Waals surface area contributed by atoms with Crippen LogP contribution in [0.25, 0.3) is 10.8 Å². The highest BCUT2D eigenvalue weighted by Gasteiger charge is 2.30. The van der Waals surface area contributed by atoms with Crippen LogP contribution in [-0.4, -0.2) is 7.11 Å². The highest BCUT2D eigenvalue weighted by Crippen LogP contribution is 2.43. The molecule has 2 aliphatic rings. The van der Waals surface area contributed by atoms with Crippen LogP contribution >= 0.6 is 0 Å². The first-order chi connectivity index (χ1) is 15.1. The van der Waals surface area contributed by atoms with E-state index >= 15 is 0 Å². The summed E-state index contributed by atoms with van der Waals surface area (Å²) in [6, 6.07) is 7.35. The van der Waals surface area contributed by atoms with Crippen LogP contribution in [0.15, 0.2) is 24.3 Å². The van der Waals surface area contributed by atoms with Gasteiger partial charge in [0.1, 0.15) is 0 Å². The number of aryl methyl sites for hydroxylation is 1. The molecule has 0 N–H and O–H groups in total. The van der Waals surface area contributed by atoms with Gasteiger partial charge >= 0.3 is 0 Å². The van der Waals surface area contributed by atoms with Gasteiger partial charge in [-0.15, -0.1) is 0 Å². The number of methoxy groups -OCH3 is 1. The summed E-state index contributed by atoms with van der Waals surface area (Å²) in [7, 11) is 1.37. The fraction of sp³-hybridized carbons (Fsp3) is 0.643. The lowest BCUT2D eigenvalue weighted by Gasteiger charge is -2.38. The Morgan fingerprint density at radius 2 is 1.42 bits per heavy atom. The molecule has 2 aromatic rings. The Hall–Kier alpha value is -1.64. The summed E-state index contributed by atoms with van der Waals surface area (Å²) >= 11 is 0. The number of hydrogen-bond acceptors (Lipinski definition) is 1. The van der Waals surface area contributed by atoms with E-state index in [0.29, 0.717) is 10.8 Å². The van der Waals surface area contributed by atoms with Crippen LogP contribution in [0.1, 0.15) is 83.1 Å². The second-order valence-corrected chi connectivity index (χ2v) is 10.2. The maximum Gasteiger partial charge on any atom is 0.201 e. The van der Waals surface area contributed by atoms with E-state index in [4.69, 9.17) is 4.74 Å². The molecule has 2 aromatic carbocycles. The topological polar surface area (TPSA) is 9.23 Å². The Bertz CT molecular complexity index is 861. The molecule has 2 aliphatic carbocycles. The minimum Gasteiger partial charge on any atom is -0.494 e. The van der Waals surface area contributed by atoms with Gasteiger partial charge in [-0.25, -0.2) is 4.39 Å². The first-order valence-electron chi connectivity index (χ1n) is 12.5. The molecule has 3 heteroatoms. The Morgan fingerprint density at radius 3 is 2.00 bits per heavy atom. The Labute approximate surface area is 186 Å². The van der Waals surface area contributed by atoms with Crippen molar-refractivity contribution in [2.24, 2.45) is 23.7 Å². The number of rotatable bonds is 7. The summed E-state index contributed by atoms with van der Waals surface area (Å²) in [5.74, 6) is 1.98. The van der Waals surface area contributed by atoms with Crippen molar-refractivity contribution in [3.05, 3.63) is 41.5 Å². The van der Waals surface area contributed by atoms with Crippen molar-refractivity contribution >= 4 is 10.8 Å². The Morgan fingerprint density at radius 1 is 0.806 bits per heavy atom. The van der Waals surface area contributed by atoms with Gasteiger partial charge in [0, 0.05) is 5.39 Å². The van der Waals surface area contributed by atoms with E-state index in [1.807, 2.05) is 12.1 Å². The lowest BCUT2D eigenvalue weighted by molar-refractivity contribution is 0.141. The molecular weight excluding hydrogens is 390 g/mol. The maximum absolute atomic E-state index is 14.5. The van der Waals surface area contributed by atoms with Gasteiger partial charge in [0.2, 0.25) is 5.82 Å². The van der Waals surface area contributed by atoms with E-state index in [2.05, 4.69) is 13.0 Å². The molecule has 0 amide bonds. The molecular formula is C28H38F2O. The number of hydrogen-bond donors (Lipinski definition) is 0. The fourth-order valence-corrected chi connectivity index (χ4v) is 6.33. The number of fused-ring (bicyclic) bond motifs is 1. The molecule has 0 atom stereocenters. The van der Waals surface area contributed by atoms with Gasteiger partial charge in [-0.2, -0.15) is 4.39 Å². The number of ether oxygens (including phenoxy) is 1. The van der Waals surface area contributed by atoms with Gasteiger partial charge in [-0.1, -0.05) is 57.6 Å². The van der Waals surface area contributed by atoms with E-state index < -0.39 is 11.6 Å². The minimum absolute atomic E-state index is 0.0339. The van der Waals surface area contributed by atoms with E-state index in [1.165, 1.54) is 71.3 Å². The van der Waals surface area contributed by atoms with Crippen LogP contribution in [0.3, 0.4) is 0 Å². The fourth-order valence-electron chi connectivity index (χ4n) is 6.33. The summed E-state index contributed by atoms with van der Waals surface area (Å²) < 4.78 is 33.5. The Kier molecular flexibility index (Phi) is 7.51. The van der Waals surface area contributed by atoms with Crippen molar-refractivity contribution in [2.45, 2.75) is 84.0 Å². The molecule has 2 fully saturated rings. The SMILES string of the molecule is CCCC1CCC(C2CCC(CCc3ccc4cc(OC)c(F)c(F)c4c3)CC2)CC1. The summed E-state index contributed by atoms with van der Waals surface area (Å²) in [6.07, 6.45) is 16.2. The zero-order valence-corrected chi connectivity index (χ0v) is 19.3. The van der Waals surface area contributed by atoms with E-state index in [0.717, 1.165) is 42.1 Å². The highest BCUT2D eigenvalue weighted by atomic mass is 19.2. The summed E-state index contributed by atoms with van der Waals surface area (Å²) in [4.78, 5) is 0. The van der Waals surface area contributed by atoms with Gasteiger partial charge in [-0.3, -0.25) is 0 Å². The molecule has 0 saturated heterocycles. The van der Waals surface area contributed by atoms with Gasteiger partial charge in [0.15, 0.2) is 11.6 Å². The quantitative estimate of drug-likeness (QED) is 0.430. The predicted molar refractivity (Wildman–Crippen MR) is 125 cm³/mol. The molecule has 170 valence electrons. The zero-order chi connectivity index (χ0) is 21.8. The summed E-state index contributed by atoms with van der Waals surface area (Å²) in [5.41, 5.74) is 1.10. The van der Waals surface area contributed by atoms with Crippen LogP contribution in [0.2, 0.25) is 0 Å². The molecule has 31 heavy (non-hydrogen) atoms. The maximum atomic E-state index is 14.5.